The quantitative estimate of drug-likeness (QED) is 0.500. The van der Waals surface area contributed by atoms with E-state index in [2.05, 4.69) is 30.9 Å². The molecule has 0 unspecified atom stereocenters. The second-order valence-corrected chi connectivity index (χ2v) is 8.00. The lowest BCUT2D eigenvalue weighted by Gasteiger charge is -2.32. The van der Waals surface area contributed by atoms with Crippen molar-refractivity contribution >= 4 is 16.9 Å². The van der Waals surface area contributed by atoms with E-state index in [0.29, 0.717) is 0 Å². The van der Waals surface area contributed by atoms with Crippen molar-refractivity contribution in [3.8, 4) is 11.5 Å². The Hall–Kier alpha value is -3.52. The number of carboxylic acid groups (broad SMARTS) is 1. The van der Waals surface area contributed by atoms with Gasteiger partial charge in [0, 0.05) is 60.9 Å². The number of nitrogens with zero attached hydrogens (tertiary/aromatic N) is 5. The van der Waals surface area contributed by atoms with Gasteiger partial charge in [-0.15, -0.1) is 0 Å². The molecule has 0 bridgehead atoms. The third-order valence-corrected chi connectivity index (χ3v) is 5.91. The van der Waals surface area contributed by atoms with Crippen LogP contribution in [-0.2, 0) is 17.9 Å². The number of hydrogen-bond acceptors (Lipinski definition) is 5. The summed E-state index contributed by atoms with van der Waals surface area (Å²) in [4.78, 5) is 30.4. The van der Waals surface area contributed by atoms with Crippen molar-refractivity contribution in [1.82, 2.24) is 29.4 Å². The van der Waals surface area contributed by atoms with E-state index in [1.54, 1.807) is 24.8 Å². The van der Waals surface area contributed by atoms with Gasteiger partial charge in [0.05, 0.1) is 5.69 Å². The summed E-state index contributed by atoms with van der Waals surface area (Å²) < 4.78 is 1.83. The SMILES string of the molecule is O=C(O)Cn1cc(CN2CCC[C@@H](c3nccnc3-c3ncc[nH]3)C2)c2ccccc21. The number of para-hydroxylation sites is 1. The van der Waals surface area contributed by atoms with E-state index >= 15 is 0 Å². The average molecular weight is 416 g/mol. The number of hydrogen-bond donors (Lipinski definition) is 2. The van der Waals surface area contributed by atoms with Crippen LogP contribution in [0.15, 0.2) is 55.2 Å². The van der Waals surface area contributed by atoms with E-state index < -0.39 is 5.97 Å². The fraction of sp³-hybridized carbons (Fsp3) is 0.304. The van der Waals surface area contributed by atoms with Crippen LogP contribution in [0.5, 0.6) is 0 Å². The topological polar surface area (TPSA) is 99.9 Å². The number of piperidine rings is 1. The van der Waals surface area contributed by atoms with Crippen molar-refractivity contribution in [3.05, 3.63) is 66.5 Å². The summed E-state index contributed by atoms with van der Waals surface area (Å²) in [5.74, 6) is 0.185. The highest BCUT2D eigenvalue weighted by Gasteiger charge is 2.26. The Labute approximate surface area is 179 Å². The number of carboxylic acids is 1. The largest absolute Gasteiger partial charge is 0.480 e. The van der Waals surface area contributed by atoms with Gasteiger partial charge in [0.2, 0.25) is 0 Å². The summed E-state index contributed by atoms with van der Waals surface area (Å²) in [7, 11) is 0. The molecule has 158 valence electrons. The van der Waals surface area contributed by atoms with Gasteiger partial charge in [-0.25, -0.2) is 9.97 Å². The fourth-order valence-electron chi connectivity index (χ4n) is 4.61. The summed E-state index contributed by atoms with van der Waals surface area (Å²) in [6.45, 7) is 2.63. The van der Waals surface area contributed by atoms with Gasteiger partial charge in [0.15, 0.2) is 5.82 Å². The highest BCUT2D eigenvalue weighted by atomic mass is 16.4. The number of imidazole rings is 1. The highest BCUT2D eigenvalue weighted by molar-refractivity contribution is 5.85. The van der Waals surface area contributed by atoms with Gasteiger partial charge in [-0.2, -0.15) is 0 Å². The lowest BCUT2D eigenvalue weighted by Crippen LogP contribution is -2.34. The third kappa shape index (κ3) is 3.94. The zero-order chi connectivity index (χ0) is 21.2. The third-order valence-electron chi connectivity index (χ3n) is 5.91. The molecule has 4 aromatic rings. The molecule has 31 heavy (non-hydrogen) atoms. The molecule has 1 fully saturated rings. The number of fused-ring (bicyclic) bond motifs is 1. The summed E-state index contributed by atoms with van der Waals surface area (Å²) in [6, 6.07) is 8.01. The van der Waals surface area contributed by atoms with E-state index in [9.17, 15) is 9.90 Å². The first-order valence-electron chi connectivity index (χ1n) is 10.5. The molecule has 0 amide bonds. The van der Waals surface area contributed by atoms with Crippen LogP contribution in [0.4, 0.5) is 0 Å². The van der Waals surface area contributed by atoms with E-state index in [0.717, 1.165) is 66.2 Å². The Morgan fingerprint density at radius 2 is 2.03 bits per heavy atom. The molecular formula is C23H24N6O2. The molecule has 0 spiro atoms. The van der Waals surface area contributed by atoms with Gasteiger partial charge in [0.25, 0.3) is 0 Å². The summed E-state index contributed by atoms with van der Waals surface area (Å²) in [5, 5.41) is 10.4. The number of rotatable bonds is 6. The molecule has 1 saturated heterocycles. The van der Waals surface area contributed by atoms with E-state index in [1.807, 2.05) is 29.0 Å². The zero-order valence-electron chi connectivity index (χ0n) is 17.1. The number of aromatic nitrogens is 5. The minimum atomic E-state index is -0.835. The number of likely N-dealkylation sites (tertiary alicyclic amines) is 1. The van der Waals surface area contributed by atoms with Crippen molar-refractivity contribution in [2.45, 2.75) is 31.8 Å². The van der Waals surface area contributed by atoms with Crippen molar-refractivity contribution in [1.29, 1.82) is 0 Å². The number of aliphatic carboxylic acids is 1. The van der Waals surface area contributed by atoms with Crippen LogP contribution in [-0.4, -0.2) is 53.6 Å². The maximum Gasteiger partial charge on any atom is 0.323 e. The van der Waals surface area contributed by atoms with Gasteiger partial charge in [-0.1, -0.05) is 18.2 Å². The monoisotopic (exact) mass is 416 g/mol. The molecule has 8 heteroatoms. The molecule has 2 N–H and O–H groups in total. The molecule has 0 radical (unpaired) electrons. The smallest absolute Gasteiger partial charge is 0.323 e. The molecule has 0 saturated carbocycles. The van der Waals surface area contributed by atoms with Crippen molar-refractivity contribution in [3.63, 3.8) is 0 Å². The molecule has 1 atom stereocenters. The van der Waals surface area contributed by atoms with Crippen LogP contribution in [0.3, 0.4) is 0 Å². The van der Waals surface area contributed by atoms with Crippen LogP contribution >= 0.6 is 0 Å². The molecule has 0 aliphatic carbocycles. The molecule has 3 aromatic heterocycles. The highest BCUT2D eigenvalue weighted by Crippen LogP contribution is 2.32. The van der Waals surface area contributed by atoms with E-state index in [-0.39, 0.29) is 12.5 Å². The second kappa shape index (κ2) is 8.31. The minimum absolute atomic E-state index is 0.0325. The minimum Gasteiger partial charge on any atom is -0.480 e. The molecular weight excluding hydrogens is 392 g/mol. The molecule has 1 aliphatic heterocycles. The predicted molar refractivity (Wildman–Crippen MR) is 116 cm³/mol. The molecule has 8 nitrogen and oxygen atoms in total. The molecule has 5 rings (SSSR count). The van der Waals surface area contributed by atoms with Crippen LogP contribution < -0.4 is 0 Å². The first-order valence-corrected chi connectivity index (χ1v) is 10.5. The van der Waals surface area contributed by atoms with Crippen LogP contribution in [0.1, 0.15) is 30.0 Å². The predicted octanol–water partition coefficient (Wildman–Crippen LogP) is 3.29. The first kappa shape index (κ1) is 19.4. The van der Waals surface area contributed by atoms with Gasteiger partial charge in [0.1, 0.15) is 12.2 Å². The molecule has 1 aliphatic rings. The lowest BCUT2D eigenvalue weighted by atomic mass is 9.92. The Morgan fingerprint density at radius 1 is 1.16 bits per heavy atom. The standard InChI is InChI=1S/C23H24N6O2/c30-20(31)15-29-14-17(18-5-1-2-6-19(18)29)13-28-11-3-4-16(12-28)21-22(25-8-7-24-21)23-26-9-10-27-23/h1-2,5-10,14,16H,3-4,11-13,15H2,(H,26,27)(H,30,31)/t16-/m1/s1. The van der Waals surface area contributed by atoms with Gasteiger partial charge >= 0.3 is 5.97 Å². The molecule has 4 heterocycles. The normalized spacial score (nSPS) is 17.2. The van der Waals surface area contributed by atoms with Gasteiger partial charge < -0.3 is 14.7 Å². The van der Waals surface area contributed by atoms with E-state index in [1.165, 1.54) is 0 Å². The van der Waals surface area contributed by atoms with Gasteiger partial charge in [-0.3, -0.25) is 14.7 Å². The van der Waals surface area contributed by atoms with Crippen molar-refractivity contribution < 1.29 is 9.90 Å². The summed E-state index contributed by atoms with van der Waals surface area (Å²) >= 11 is 0. The van der Waals surface area contributed by atoms with Crippen LogP contribution in [0, 0.1) is 0 Å². The van der Waals surface area contributed by atoms with Crippen molar-refractivity contribution in [2.75, 3.05) is 13.1 Å². The van der Waals surface area contributed by atoms with Crippen LogP contribution in [0.2, 0.25) is 0 Å². The maximum atomic E-state index is 11.3. The van der Waals surface area contributed by atoms with E-state index in [4.69, 9.17) is 0 Å². The first-order chi connectivity index (χ1) is 15.2. The molecule has 1 aromatic carbocycles. The average Bonchev–Trinajstić information content (AvgIpc) is 3.43. The van der Waals surface area contributed by atoms with Gasteiger partial charge in [-0.05, 0) is 31.0 Å². The number of H-pyrrole nitrogens is 1. The lowest BCUT2D eigenvalue weighted by molar-refractivity contribution is -0.137. The number of carbonyl (C=O) groups is 1. The van der Waals surface area contributed by atoms with Crippen LogP contribution in [0.25, 0.3) is 22.4 Å². The second-order valence-electron chi connectivity index (χ2n) is 8.00. The Bertz CT molecular complexity index is 1200. The fourth-order valence-corrected chi connectivity index (χ4v) is 4.61. The Morgan fingerprint density at radius 3 is 2.87 bits per heavy atom. The summed E-state index contributed by atoms with van der Waals surface area (Å²) in [6.07, 6.45) is 11.1. The zero-order valence-corrected chi connectivity index (χ0v) is 17.1. The number of nitrogens with one attached hydrogen (secondary N) is 1. The maximum absolute atomic E-state index is 11.3. The Kier molecular flexibility index (Phi) is 5.21. The Balaban J connectivity index is 1.40. The summed E-state index contributed by atoms with van der Waals surface area (Å²) in [5.41, 5.74) is 3.92. The number of benzene rings is 1. The van der Waals surface area contributed by atoms with Crippen molar-refractivity contribution in [2.24, 2.45) is 0 Å². The number of aromatic amines is 1.